The second-order valence-corrected chi connectivity index (χ2v) is 4.79. The van der Waals surface area contributed by atoms with Crippen molar-refractivity contribution in [3.63, 3.8) is 0 Å². The van der Waals surface area contributed by atoms with E-state index in [1.807, 2.05) is 0 Å². The van der Waals surface area contributed by atoms with Crippen LogP contribution in [-0.2, 0) is 12.6 Å². The van der Waals surface area contributed by atoms with Gasteiger partial charge in [0.25, 0.3) is 5.56 Å². The van der Waals surface area contributed by atoms with E-state index in [4.69, 9.17) is 12.2 Å². The van der Waals surface area contributed by atoms with Crippen LogP contribution < -0.4 is 5.56 Å². The van der Waals surface area contributed by atoms with Gasteiger partial charge < -0.3 is 4.98 Å². The summed E-state index contributed by atoms with van der Waals surface area (Å²) < 4.78 is 37.6. The number of halogens is 3. The minimum atomic E-state index is -4.36. The molecule has 0 aliphatic rings. The number of alkyl halides is 3. The van der Waals surface area contributed by atoms with Gasteiger partial charge in [0.1, 0.15) is 0 Å². The van der Waals surface area contributed by atoms with Crippen LogP contribution in [0, 0.1) is 11.7 Å². The van der Waals surface area contributed by atoms with E-state index in [1.54, 1.807) is 6.92 Å². The Bertz CT molecular complexity index is 729. The molecule has 2 N–H and O–H groups in total. The summed E-state index contributed by atoms with van der Waals surface area (Å²) in [6.45, 7) is 1.70. The van der Waals surface area contributed by atoms with Gasteiger partial charge in [-0.3, -0.25) is 9.78 Å². The molecule has 106 valence electrons. The highest BCUT2D eigenvalue weighted by Crippen LogP contribution is 2.29. The summed E-state index contributed by atoms with van der Waals surface area (Å²) in [5, 5.41) is 0. The highest BCUT2D eigenvalue weighted by atomic mass is 32.1. The third-order valence-electron chi connectivity index (χ3n) is 2.92. The molecule has 1 aromatic carbocycles. The van der Waals surface area contributed by atoms with Crippen molar-refractivity contribution in [2.75, 3.05) is 0 Å². The minimum absolute atomic E-state index is 0.226. The number of nitrogens with one attached hydrogen (secondary N) is 2. The molecule has 0 saturated heterocycles. The van der Waals surface area contributed by atoms with Crippen molar-refractivity contribution < 1.29 is 13.2 Å². The Morgan fingerprint density at radius 1 is 1.15 bits per heavy atom. The first-order chi connectivity index (χ1) is 9.27. The molecule has 2 rings (SSSR count). The zero-order chi connectivity index (χ0) is 14.9. The fourth-order valence-electron chi connectivity index (χ4n) is 1.85. The maximum Gasteiger partial charge on any atom is 0.416 e. The summed E-state index contributed by atoms with van der Waals surface area (Å²) in [4.78, 5) is 17.0. The predicted octanol–water partition coefficient (Wildman–Crippen LogP) is 3.35. The smallest absolute Gasteiger partial charge is 0.336 e. The first-order valence-electron chi connectivity index (χ1n) is 5.75. The lowest BCUT2D eigenvalue weighted by Crippen LogP contribution is -2.16. The summed E-state index contributed by atoms with van der Waals surface area (Å²) in [7, 11) is 0. The molecule has 0 saturated carbocycles. The largest absolute Gasteiger partial charge is 0.416 e. The molecule has 0 unspecified atom stereocenters. The third-order valence-corrected chi connectivity index (χ3v) is 3.12. The molecule has 0 atom stereocenters. The highest BCUT2D eigenvalue weighted by molar-refractivity contribution is 7.71. The first kappa shape index (κ1) is 14.5. The molecule has 0 amide bonds. The Kier molecular flexibility index (Phi) is 3.80. The molecular formula is C13H11F3N2OS. The van der Waals surface area contributed by atoms with Gasteiger partial charge in [-0.2, -0.15) is 13.2 Å². The van der Waals surface area contributed by atoms with Gasteiger partial charge in [0, 0.05) is 17.7 Å². The molecular weight excluding hydrogens is 289 g/mol. The van der Waals surface area contributed by atoms with Gasteiger partial charge >= 0.3 is 6.18 Å². The van der Waals surface area contributed by atoms with Crippen LogP contribution in [0.25, 0.3) is 0 Å². The maximum atomic E-state index is 12.4. The molecule has 0 aliphatic heterocycles. The number of aromatic nitrogens is 2. The van der Waals surface area contributed by atoms with Crippen LogP contribution in [0.15, 0.2) is 29.1 Å². The second kappa shape index (κ2) is 5.24. The van der Waals surface area contributed by atoms with E-state index < -0.39 is 11.7 Å². The molecule has 0 bridgehead atoms. The van der Waals surface area contributed by atoms with Crippen LogP contribution in [0.3, 0.4) is 0 Å². The van der Waals surface area contributed by atoms with E-state index in [1.165, 1.54) is 12.1 Å². The summed E-state index contributed by atoms with van der Waals surface area (Å²) in [6, 6.07) is 4.74. The van der Waals surface area contributed by atoms with Crippen LogP contribution >= 0.6 is 12.2 Å². The van der Waals surface area contributed by atoms with Crippen molar-refractivity contribution in [2.45, 2.75) is 19.5 Å². The van der Waals surface area contributed by atoms with Gasteiger partial charge in [0.05, 0.1) is 5.56 Å². The molecule has 0 fully saturated rings. The fraction of sp³-hybridized carbons (Fsp3) is 0.231. The first-order valence-corrected chi connectivity index (χ1v) is 6.16. The van der Waals surface area contributed by atoms with Crippen LogP contribution in [-0.4, -0.2) is 9.97 Å². The number of H-pyrrole nitrogens is 2. The van der Waals surface area contributed by atoms with Crippen molar-refractivity contribution >= 4 is 12.2 Å². The number of rotatable bonds is 2. The van der Waals surface area contributed by atoms with Gasteiger partial charge in [-0.15, -0.1) is 0 Å². The van der Waals surface area contributed by atoms with Crippen molar-refractivity contribution in [1.82, 2.24) is 9.97 Å². The molecule has 0 radical (unpaired) electrons. The molecule has 0 spiro atoms. The minimum Gasteiger partial charge on any atom is -0.336 e. The summed E-state index contributed by atoms with van der Waals surface area (Å²) in [5.74, 6) is 0. The van der Waals surface area contributed by atoms with Crippen molar-refractivity contribution in [2.24, 2.45) is 0 Å². The monoisotopic (exact) mass is 300 g/mol. The lowest BCUT2D eigenvalue weighted by molar-refractivity contribution is -0.137. The molecule has 20 heavy (non-hydrogen) atoms. The predicted molar refractivity (Wildman–Crippen MR) is 71.2 cm³/mol. The van der Waals surface area contributed by atoms with Crippen LogP contribution in [0.2, 0.25) is 0 Å². The van der Waals surface area contributed by atoms with Gasteiger partial charge in [-0.25, -0.2) is 0 Å². The van der Waals surface area contributed by atoms with E-state index in [0.29, 0.717) is 16.8 Å². The Labute approximate surface area is 117 Å². The summed E-state index contributed by atoms with van der Waals surface area (Å²) in [6.07, 6.45) is -4.12. The van der Waals surface area contributed by atoms with Gasteiger partial charge in [-0.1, -0.05) is 12.1 Å². The van der Waals surface area contributed by atoms with Crippen LogP contribution in [0.5, 0.6) is 0 Å². The zero-order valence-corrected chi connectivity index (χ0v) is 11.3. The molecule has 1 aromatic heterocycles. The Hall–Kier alpha value is -1.89. The van der Waals surface area contributed by atoms with Crippen molar-refractivity contribution in [3.05, 3.63) is 61.8 Å². The standard InChI is InChI=1S/C13H11F3N2OS/c1-7-10(11(19)18-12(20)17-7)6-8-2-4-9(5-3-8)13(14,15)16/h2-5H,6H2,1H3,(H2,17,18,19,20). The Morgan fingerprint density at radius 2 is 1.75 bits per heavy atom. The molecule has 7 heteroatoms. The Morgan fingerprint density at radius 3 is 2.25 bits per heavy atom. The normalized spacial score (nSPS) is 11.6. The van der Waals surface area contributed by atoms with Gasteiger partial charge in [-0.05, 0) is 36.8 Å². The highest BCUT2D eigenvalue weighted by Gasteiger charge is 2.29. The average molecular weight is 300 g/mol. The quantitative estimate of drug-likeness (QED) is 0.836. The summed E-state index contributed by atoms with van der Waals surface area (Å²) >= 11 is 4.83. The van der Waals surface area contributed by atoms with Gasteiger partial charge in [0.15, 0.2) is 4.77 Å². The summed E-state index contributed by atoms with van der Waals surface area (Å²) in [5.41, 5.74) is 0.652. The third kappa shape index (κ3) is 3.16. The van der Waals surface area contributed by atoms with Crippen LogP contribution in [0.4, 0.5) is 13.2 Å². The number of hydrogen-bond donors (Lipinski definition) is 2. The maximum absolute atomic E-state index is 12.4. The van der Waals surface area contributed by atoms with E-state index in [2.05, 4.69) is 9.97 Å². The second-order valence-electron chi connectivity index (χ2n) is 4.38. The van der Waals surface area contributed by atoms with E-state index in [0.717, 1.165) is 12.1 Å². The number of aromatic amines is 2. The van der Waals surface area contributed by atoms with E-state index >= 15 is 0 Å². The lowest BCUT2D eigenvalue weighted by atomic mass is 10.0. The van der Waals surface area contributed by atoms with Crippen molar-refractivity contribution in [1.29, 1.82) is 0 Å². The molecule has 0 aliphatic carbocycles. The molecule has 2 aromatic rings. The zero-order valence-electron chi connectivity index (χ0n) is 10.5. The average Bonchev–Trinajstić information content (AvgIpc) is 2.33. The molecule has 3 nitrogen and oxygen atoms in total. The van der Waals surface area contributed by atoms with Crippen LogP contribution in [0.1, 0.15) is 22.4 Å². The van der Waals surface area contributed by atoms with Crippen molar-refractivity contribution in [3.8, 4) is 0 Å². The topological polar surface area (TPSA) is 48.6 Å². The van der Waals surface area contributed by atoms with E-state index in [9.17, 15) is 18.0 Å². The Balaban J connectivity index is 2.32. The number of hydrogen-bond acceptors (Lipinski definition) is 2. The molecule has 1 heterocycles. The number of aryl methyl sites for hydroxylation is 1. The fourth-order valence-corrected chi connectivity index (χ4v) is 2.10. The van der Waals surface area contributed by atoms with Gasteiger partial charge in [0.2, 0.25) is 0 Å². The SMILES string of the molecule is Cc1[nH]c(=S)[nH]c(=O)c1Cc1ccc(C(F)(F)F)cc1. The number of benzene rings is 1. The lowest BCUT2D eigenvalue weighted by Gasteiger charge is -2.08. The van der Waals surface area contributed by atoms with E-state index in [-0.39, 0.29) is 16.8 Å².